The van der Waals surface area contributed by atoms with Gasteiger partial charge in [-0.15, -0.1) is 0 Å². The van der Waals surface area contributed by atoms with Crippen LogP contribution in [-0.2, 0) is 24.1 Å². The van der Waals surface area contributed by atoms with E-state index >= 15 is 0 Å². The molecule has 3 atom stereocenters. The molecule has 0 radical (unpaired) electrons. The predicted octanol–water partition coefficient (Wildman–Crippen LogP) is 5.10. The second-order valence-corrected chi connectivity index (χ2v) is 10.3. The molecule has 3 unspecified atom stereocenters. The third-order valence-electron chi connectivity index (χ3n) is 7.42. The first-order chi connectivity index (χ1) is 19.4. The number of hydrogen-bond donors (Lipinski definition) is 3. The van der Waals surface area contributed by atoms with Gasteiger partial charge in [0.1, 0.15) is 5.78 Å². The smallest absolute Gasteiger partial charge is 0.160 e. The Bertz CT molecular complexity index is 1350. The number of aliphatic hydroxyl groups is 1. The van der Waals surface area contributed by atoms with Crippen molar-refractivity contribution in [2.75, 3.05) is 20.8 Å². The molecular weight excluding hydrogens is 506 g/mol. The van der Waals surface area contributed by atoms with Gasteiger partial charge in [0.2, 0.25) is 0 Å². The maximum Gasteiger partial charge on any atom is 0.160 e. The minimum atomic E-state index is -0.879. The number of aliphatic hydroxyl groups excluding tert-OH is 1. The van der Waals surface area contributed by atoms with Gasteiger partial charge >= 0.3 is 0 Å². The number of rotatable bonds is 14. The first kappa shape index (κ1) is 28.9. The van der Waals surface area contributed by atoms with Crippen molar-refractivity contribution in [3.8, 4) is 23.0 Å². The monoisotopic (exact) mass is 543 g/mol. The SMILES string of the molecule is COc1cc(CC(CC2=CCN=C2)C(=O)CC(O)C(Cc2ccccc2)Cc2ccc(O)c(OC)c2)ccc1O. The molecule has 210 valence electrons. The molecule has 0 saturated heterocycles. The number of methoxy groups -OCH3 is 2. The van der Waals surface area contributed by atoms with Crippen molar-refractivity contribution in [1.82, 2.24) is 0 Å². The lowest BCUT2D eigenvalue weighted by Gasteiger charge is -2.25. The minimum Gasteiger partial charge on any atom is -0.504 e. The zero-order chi connectivity index (χ0) is 28.5. The molecule has 1 aliphatic heterocycles. The number of phenolic OH excluding ortho intramolecular Hbond substituents is 2. The Balaban J connectivity index is 1.54. The molecule has 0 aromatic heterocycles. The summed E-state index contributed by atoms with van der Waals surface area (Å²) in [7, 11) is 3.00. The quantitative estimate of drug-likeness (QED) is 0.261. The van der Waals surface area contributed by atoms with Gasteiger partial charge in [-0.05, 0) is 78.1 Å². The number of carbonyl (C=O) groups is 1. The molecule has 7 nitrogen and oxygen atoms in total. The van der Waals surface area contributed by atoms with Crippen LogP contribution in [0.3, 0.4) is 0 Å². The van der Waals surface area contributed by atoms with E-state index in [1.54, 1.807) is 30.3 Å². The summed E-state index contributed by atoms with van der Waals surface area (Å²) in [5.74, 6) is 0.204. The lowest BCUT2D eigenvalue weighted by Crippen LogP contribution is -2.30. The molecule has 0 fully saturated rings. The lowest BCUT2D eigenvalue weighted by molar-refractivity contribution is -0.125. The highest BCUT2D eigenvalue weighted by Gasteiger charge is 2.28. The van der Waals surface area contributed by atoms with Crippen molar-refractivity contribution in [2.24, 2.45) is 16.8 Å². The van der Waals surface area contributed by atoms with E-state index in [-0.39, 0.29) is 35.5 Å². The van der Waals surface area contributed by atoms with Gasteiger partial charge in [0.25, 0.3) is 0 Å². The largest absolute Gasteiger partial charge is 0.504 e. The Morgan fingerprint density at radius 3 is 2.00 bits per heavy atom. The molecule has 0 aliphatic carbocycles. The van der Waals surface area contributed by atoms with E-state index in [9.17, 15) is 20.1 Å². The first-order valence-electron chi connectivity index (χ1n) is 13.5. The molecule has 0 amide bonds. The number of nitrogens with zero attached hydrogens (tertiary/aromatic N) is 1. The summed E-state index contributed by atoms with van der Waals surface area (Å²) < 4.78 is 10.5. The fourth-order valence-corrected chi connectivity index (χ4v) is 5.20. The number of Topliss-reactive ketones (excluding diaryl/α,β-unsaturated/α-hetero) is 1. The highest BCUT2D eigenvalue weighted by molar-refractivity contribution is 5.86. The van der Waals surface area contributed by atoms with Crippen LogP contribution in [0.2, 0.25) is 0 Å². The molecule has 7 heteroatoms. The summed E-state index contributed by atoms with van der Waals surface area (Å²) in [6, 6.07) is 20.2. The third-order valence-corrected chi connectivity index (χ3v) is 7.42. The molecule has 1 heterocycles. The summed E-state index contributed by atoms with van der Waals surface area (Å²) in [5, 5.41) is 31.5. The summed E-state index contributed by atoms with van der Waals surface area (Å²) >= 11 is 0. The van der Waals surface area contributed by atoms with Crippen molar-refractivity contribution in [3.05, 3.63) is 95.1 Å². The Morgan fingerprint density at radius 1 is 0.825 bits per heavy atom. The highest BCUT2D eigenvalue weighted by atomic mass is 16.5. The minimum absolute atomic E-state index is 0.0109. The van der Waals surface area contributed by atoms with Crippen LogP contribution in [0.1, 0.15) is 29.5 Å². The molecule has 3 aromatic carbocycles. The fourth-order valence-electron chi connectivity index (χ4n) is 5.20. The van der Waals surface area contributed by atoms with Crippen LogP contribution in [-0.4, -0.2) is 54.2 Å². The molecule has 1 aliphatic rings. The van der Waals surface area contributed by atoms with Crippen molar-refractivity contribution in [2.45, 2.75) is 38.2 Å². The van der Waals surface area contributed by atoms with E-state index < -0.39 is 6.10 Å². The van der Waals surface area contributed by atoms with Crippen LogP contribution in [0, 0.1) is 11.8 Å². The summed E-state index contributed by atoms with van der Waals surface area (Å²) in [6.45, 7) is 0.612. The van der Waals surface area contributed by atoms with Crippen LogP contribution < -0.4 is 9.47 Å². The van der Waals surface area contributed by atoms with E-state index in [0.29, 0.717) is 43.7 Å². The van der Waals surface area contributed by atoms with Crippen molar-refractivity contribution < 1.29 is 29.6 Å². The zero-order valence-electron chi connectivity index (χ0n) is 23.0. The standard InChI is InChI=1S/C33H37NO6/c1-39-32-18-23(8-10-28(32)35)15-26(14-22-6-4-3-5-7-22)30(37)20-31(38)27(17-25-12-13-34-21-25)16-24-9-11-29(36)33(19-24)40-2/h3-12,18-19,21,26-27,30,35-37H,13-17,20H2,1-2H3. The van der Waals surface area contributed by atoms with Crippen LogP contribution in [0.25, 0.3) is 0 Å². The van der Waals surface area contributed by atoms with E-state index in [1.807, 2.05) is 48.7 Å². The van der Waals surface area contributed by atoms with Gasteiger partial charge in [0, 0.05) is 18.6 Å². The van der Waals surface area contributed by atoms with Crippen LogP contribution in [0.4, 0.5) is 0 Å². The lowest BCUT2D eigenvalue weighted by atomic mass is 9.82. The molecule has 3 N–H and O–H groups in total. The van der Waals surface area contributed by atoms with Crippen molar-refractivity contribution >= 4 is 12.0 Å². The molecule has 0 bridgehead atoms. The Labute approximate surface area is 235 Å². The van der Waals surface area contributed by atoms with Crippen LogP contribution in [0.15, 0.2) is 83.4 Å². The number of hydrogen-bond acceptors (Lipinski definition) is 7. The predicted molar refractivity (Wildman–Crippen MR) is 156 cm³/mol. The Hall–Kier alpha value is -4.10. The molecular formula is C33H37NO6. The Kier molecular flexibility index (Phi) is 9.97. The maximum atomic E-state index is 13.8. The molecule has 40 heavy (non-hydrogen) atoms. The molecule has 0 spiro atoms. The molecule has 3 aromatic rings. The van der Waals surface area contributed by atoms with Gasteiger partial charge in [-0.1, -0.05) is 48.5 Å². The summed E-state index contributed by atoms with van der Waals surface area (Å²) in [6.07, 6.45) is 5.04. The number of phenols is 2. The number of aliphatic imine (C=N–C) groups is 1. The van der Waals surface area contributed by atoms with Crippen LogP contribution in [0.5, 0.6) is 23.0 Å². The topological polar surface area (TPSA) is 109 Å². The van der Waals surface area contributed by atoms with Gasteiger partial charge in [-0.3, -0.25) is 9.79 Å². The van der Waals surface area contributed by atoms with Gasteiger partial charge in [-0.25, -0.2) is 0 Å². The molecule has 4 rings (SSSR count). The summed E-state index contributed by atoms with van der Waals surface area (Å²) in [5.41, 5.74) is 3.86. The average molecular weight is 544 g/mol. The number of benzene rings is 3. The average Bonchev–Trinajstić information content (AvgIpc) is 3.48. The van der Waals surface area contributed by atoms with E-state index in [0.717, 1.165) is 22.3 Å². The fraction of sp³-hybridized carbons (Fsp3) is 0.333. The Morgan fingerprint density at radius 2 is 1.43 bits per heavy atom. The third kappa shape index (κ3) is 7.73. The van der Waals surface area contributed by atoms with Gasteiger partial charge in [-0.2, -0.15) is 0 Å². The number of allylic oxidation sites excluding steroid dienone is 1. The zero-order valence-corrected chi connectivity index (χ0v) is 23.0. The van der Waals surface area contributed by atoms with E-state index in [1.165, 1.54) is 14.2 Å². The normalized spacial score (nSPS) is 14.8. The highest BCUT2D eigenvalue weighted by Crippen LogP contribution is 2.31. The number of ketones is 1. The van der Waals surface area contributed by atoms with Gasteiger partial charge in [0.15, 0.2) is 23.0 Å². The maximum absolute atomic E-state index is 13.8. The first-order valence-corrected chi connectivity index (χ1v) is 13.5. The van der Waals surface area contributed by atoms with Gasteiger partial charge in [0.05, 0.1) is 26.9 Å². The van der Waals surface area contributed by atoms with Crippen LogP contribution >= 0.6 is 0 Å². The second kappa shape index (κ2) is 13.8. The van der Waals surface area contributed by atoms with Crippen molar-refractivity contribution in [3.63, 3.8) is 0 Å². The van der Waals surface area contributed by atoms with E-state index in [2.05, 4.69) is 4.99 Å². The van der Waals surface area contributed by atoms with Crippen molar-refractivity contribution in [1.29, 1.82) is 0 Å². The second-order valence-electron chi connectivity index (χ2n) is 10.3. The number of ether oxygens (including phenoxy) is 2. The molecule has 0 saturated carbocycles. The van der Waals surface area contributed by atoms with E-state index in [4.69, 9.17) is 9.47 Å². The number of aromatic hydroxyl groups is 2. The number of carbonyl (C=O) groups excluding carboxylic acids is 1. The van der Waals surface area contributed by atoms with Gasteiger partial charge < -0.3 is 24.8 Å². The summed E-state index contributed by atoms with van der Waals surface area (Å²) in [4.78, 5) is 18.0.